The van der Waals surface area contributed by atoms with Crippen molar-refractivity contribution in [1.82, 2.24) is 0 Å². The van der Waals surface area contributed by atoms with Crippen molar-refractivity contribution in [3.63, 3.8) is 0 Å². The Morgan fingerprint density at radius 2 is 0.909 bits per heavy atom. The number of aliphatic carboxylic acids is 1. The second-order valence-electron chi connectivity index (χ2n) is 17.0. The lowest BCUT2D eigenvalue weighted by atomic mass is 10.1. The van der Waals surface area contributed by atoms with Gasteiger partial charge in [-0.2, -0.15) is 0 Å². The fraction of sp³-hybridized carbons (Fsp3) is 0.894. The summed E-state index contributed by atoms with van der Waals surface area (Å²) < 4.78 is 17.2. The number of quaternary nitrogens is 1. The molecule has 0 aliphatic heterocycles. The van der Waals surface area contributed by atoms with Gasteiger partial charge in [0.1, 0.15) is 12.6 Å². The molecular weight excluding hydrogens is 691 g/mol. The molecule has 0 aliphatic carbocycles. The van der Waals surface area contributed by atoms with Gasteiger partial charge in [-0.25, -0.2) is 0 Å². The first-order valence-corrected chi connectivity index (χ1v) is 23.2. The largest absolute Gasteiger partial charge is 0.544 e. The van der Waals surface area contributed by atoms with Gasteiger partial charge in [0.05, 0.1) is 40.3 Å². The first-order chi connectivity index (χ1) is 26.6. The lowest BCUT2D eigenvalue weighted by Gasteiger charge is -2.34. The van der Waals surface area contributed by atoms with Gasteiger partial charge in [0, 0.05) is 19.3 Å². The summed E-state index contributed by atoms with van der Waals surface area (Å²) >= 11 is 0. The van der Waals surface area contributed by atoms with E-state index in [-0.39, 0.29) is 42.7 Å². The number of carbonyl (C=O) groups excluding carboxylic acids is 3. The van der Waals surface area contributed by atoms with E-state index >= 15 is 0 Å². The summed E-state index contributed by atoms with van der Waals surface area (Å²) in [5.41, 5.74) is 0. The zero-order valence-electron chi connectivity index (χ0n) is 36.9. The molecule has 0 aromatic heterocycles. The first-order valence-electron chi connectivity index (χ1n) is 23.2. The maximum atomic E-state index is 12.7. The molecule has 0 aliphatic rings. The lowest BCUT2D eigenvalue weighted by Crippen LogP contribution is -2.55. The molecule has 0 saturated carbocycles. The number of nitrogens with zero attached hydrogens (tertiary/aromatic N) is 1. The molecule has 0 N–H and O–H groups in total. The highest BCUT2D eigenvalue weighted by Gasteiger charge is 2.25. The van der Waals surface area contributed by atoms with Crippen molar-refractivity contribution in [3.05, 3.63) is 12.2 Å². The summed E-state index contributed by atoms with van der Waals surface area (Å²) in [5, 5.41) is 11.6. The van der Waals surface area contributed by atoms with Crippen molar-refractivity contribution in [2.75, 3.05) is 41.0 Å². The summed E-state index contributed by atoms with van der Waals surface area (Å²) in [7, 11) is 5.41. The molecule has 2 atom stereocenters. The highest BCUT2D eigenvalue weighted by molar-refractivity contribution is 5.70. The Morgan fingerprint density at radius 3 is 1.31 bits per heavy atom. The minimum atomic E-state index is -1.12. The molecule has 0 rings (SSSR count). The number of allylic oxidation sites excluding steroid dienone is 2. The molecule has 324 valence electrons. The van der Waals surface area contributed by atoms with Crippen LogP contribution in [0, 0.1) is 0 Å². The zero-order chi connectivity index (χ0) is 40.7. The maximum Gasteiger partial charge on any atom is 0.306 e. The molecule has 0 saturated heterocycles. The standard InChI is InChI=1S/C47H89NO7/c1-6-8-10-12-14-16-18-19-20-21-22-23-24-25-26-28-29-31-33-35-37-45(49)54-42-43(41-53-40-39-44(47(51)52)48(3,4)5)55-46(50)38-36-34-32-30-27-17-15-13-11-9-7-2/h22-23,43-44H,6-21,24-42H2,1-5H3/b23-22+. The summed E-state index contributed by atoms with van der Waals surface area (Å²) in [4.78, 5) is 36.8. The van der Waals surface area contributed by atoms with Crippen LogP contribution in [0.1, 0.15) is 219 Å². The highest BCUT2D eigenvalue weighted by Crippen LogP contribution is 2.15. The second-order valence-corrected chi connectivity index (χ2v) is 17.0. The van der Waals surface area contributed by atoms with Crippen LogP contribution in [-0.4, -0.2) is 75.5 Å². The summed E-state index contributed by atoms with van der Waals surface area (Å²) in [6.45, 7) is 4.67. The molecule has 0 fully saturated rings. The number of rotatable bonds is 42. The van der Waals surface area contributed by atoms with Gasteiger partial charge in [0.2, 0.25) is 0 Å². The molecule has 0 amide bonds. The Morgan fingerprint density at radius 1 is 0.527 bits per heavy atom. The van der Waals surface area contributed by atoms with Crippen LogP contribution < -0.4 is 5.11 Å². The van der Waals surface area contributed by atoms with E-state index in [2.05, 4.69) is 26.0 Å². The van der Waals surface area contributed by atoms with Gasteiger partial charge in [-0.15, -0.1) is 0 Å². The fourth-order valence-corrected chi connectivity index (χ4v) is 7.01. The number of hydrogen-bond acceptors (Lipinski definition) is 7. The van der Waals surface area contributed by atoms with Gasteiger partial charge in [-0.3, -0.25) is 9.59 Å². The molecule has 55 heavy (non-hydrogen) atoms. The van der Waals surface area contributed by atoms with E-state index in [1.54, 1.807) is 21.1 Å². The van der Waals surface area contributed by atoms with Crippen LogP contribution >= 0.6 is 0 Å². The highest BCUT2D eigenvalue weighted by atomic mass is 16.6. The Hall–Kier alpha value is -1.93. The molecule has 0 heterocycles. The third-order valence-corrected chi connectivity index (χ3v) is 10.7. The summed E-state index contributed by atoms with van der Waals surface area (Å²) in [6.07, 6.45) is 40.9. The van der Waals surface area contributed by atoms with E-state index in [4.69, 9.17) is 14.2 Å². The van der Waals surface area contributed by atoms with Gasteiger partial charge in [0.25, 0.3) is 0 Å². The van der Waals surface area contributed by atoms with Crippen molar-refractivity contribution in [2.45, 2.75) is 231 Å². The number of carbonyl (C=O) groups is 3. The Balaban J connectivity index is 4.22. The molecule has 0 spiro atoms. The zero-order valence-corrected chi connectivity index (χ0v) is 36.9. The van der Waals surface area contributed by atoms with Gasteiger partial charge < -0.3 is 28.6 Å². The van der Waals surface area contributed by atoms with Crippen LogP contribution in [0.15, 0.2) is 12.2 Å². The molecule has 0 aromatic carbocycles. The van der Waals surface area contributed by atoms with Crippen LogP contribution in [-0.2, 0) is 28.6 Å². The smallest absolute Gasteiger partial charge is 0.306 e. The third kappa shape index (κ3) is 37.4. The summed E-state index contributed by atoms with van der Waals surface area (Å²) in [5.74, 6) is -1.73. The minimum absolute atomic E-state index is 0.0449. The molecule has 0 aromatic rings. The van der Waals surface area contributed by atoms with E-state index in [1.165, 1.54) is 148 Å². The first kappa shape index (κ1) is 53.1. The number of hydrogen-bond donors (Lipinski definition) is 0. The predicted octanol–water partition coefficient (Wildman–Crippen LogP) is 11.4. The van der Waals surface area contributed by atoms with Crippen molar-refractivity contribution in [1.29, 1.82) is 0 Å². The number of likely N-dealkylation sites (N-methyl/N-ethyl adjacent to an activating group) is 1. The van der Waals surface area contributed by atoms with Crippen LogP contribution in [0.25, 0.3) is 0 Å². The number of carboxylic acids is 1. The molecule has 0 bridgehead atoms. The number of ether oxygens (including phenoxy) is 3. The quantitative estimate of drug-likeness (QED) is 0.0263. The van der Waals surface area contributed by atoms with E-state index in [0.717, 1.165) is 38.5 Å². The average Bonchev–Trinajstić information content (AvgIpc) is 3.14. The Kier molecular flexibility index (Phi) is 37.6. The van der Waals surface area contributed by atoms with Crippen LogP contribution in [0.4, 0.5) is 0 Å². The maximum absolute atomic E-state index is 12.7. The molecular formula is C47H89NO7. The topological polar surface area (TPSA) is 102 Å². The van der Waals surface area contributed by atoms with Crippen molar-refractivity contribution in [2.24, 2.45) is 0 Å². The average molecular weight is 780 g/mol. The normalized spacial score (nSPS) is 13.0. The lowest BCUT2D eigenvalue weighted by molar-refractivity contribution is -0.889. The predicted molar refractivity (Wildman–Crippen MR) is 227 cm³/mol. The van der Waals surface area contributed by atoms with Crippen molar-refractivity contribution in [3.8, 4) is 0 Å². The van der Waals surface area contributed by atoms with E-state index in [0.29, 0.717) is 12.8 Å². The van der Waals surface area contributed by atoms with E-state index < -0.39 is 18.1 Å². The monoisotopic (exact) mass is 780 g/mol. The van der Waals surface area contributed by atoms with Gasteiger partial charge in [-0.05, 0) is 38.5 Å². The number of unbranched alkanes of at least 4 members (excludes halogenated alkanes) is 26. The SMILES string of the molecule is CCCCCCCCCCC/C=C/CCCCCCCCCC(=O)OCC(COCCC(C(=O)[O-])[N+](C)(C)C)OC(=O)CCCCCCCCCCCCC. The van der Waals surface area contributed by atoms with Gasteiger partial charge in [0.15, 0.2) is 6.10 Å². The molecule has 0 radical (unpaired) electrons. The molecule has 2 unspecified atom stereocenters. The fourth-order valence-electron chi connectivity index (χ4n) is 7.01. The minimum Gasteiger partial charge on any atom is -0.544 e. The Labute approximate surface area is 339 Å². The van der Waals surface area contributed by atoms with Crippen LogP contribution in [0.2, 0.25) is 0 Å². The van der Waals surface area contributed by atoms with Gasteiger partial charge in [-0.1, -0.05) is 174 Å². The van der Waals surface area contributed by atoms with Crippen LogP contribution in [0.3, 0.4) is 0 Å². The Bertz CT molecular complexity index is 915. The van der Waals surface area contributed by atoms with Crippen molar-refractivity contribution < 1.29 is 38.2 Å². The van der Waals surface area contributed by atoms with E-state index in [1.807, 2.05) is 0 Å². The number of esters is 2. The summed E-state index contributed by atoms with van der Waals surface area (Å²) in [6, 6.07) is -0.721. The van der Waals surface area contributed by atoms with E-state index in [9.17, 15) is 19.5 Å². The second kappa shape index (κ2) is 38.9. The van der Waals surface area contributed by atoms with Crippen LogP contribution in [0.5, 0.6) is 0 Å². The van der Waals surface area contributed by atoms with Crippen molar-refractivity contribution >= 4 is 17.9 Å². The molecule has 8 nitrogen and oxygen atoms in total. The van der Waals surface area contributed by atoms with Gasteiger partial charge >= 0.3 is 11.9 Å². The third-order valence-electron chi connectivity index (χ3n) is 10.7. The number of carboxylic acid groups (broad SMARTS) is 1. The molecule has 8 heteroatoms.